The molecule has 0 fully saturated rings. The average Bonchev–Trinajstić information content (AvgIpc) is 1.94. The van der Waals surface area contributed by atoms with Gasteiger partial charge in [-0.15, -0.1) is 0 Å². The third-order valence-corrected chi connectivity index (χ3v) is 2.00. The van der Waals surface area contributed by atoms with Crippen molar-refractivity contribution in [3.05, 3.63) is 34.6 Å². The number of halogens is 2. The van der Waals surface area contributed by atoms with Gasteiger partial charge in [-0.05, 0) is 13.0 Å². The molecule has 0 aliphatic rings. The Balaban J connectivity index is 3.17. The van der Waals surface area contributed by atoms with Crippen molar-refractivity contribution < 1.29 is 4.39 Å². The normalized spacial score (nSPS) is 13.1. The molecule has 0 nitrogen and oxygen atoms in total. The summed E-state index contributed by atoms with van der Waals surface area (Å²) in [6.07, 6.45) is 0. The van der Waals surface area contributed by atoms with Gasteiger partial charge in [0.1, 0.15) is 5.82 Å². The van der Waals surface area contributed by atoms with Crippen LogP contribution in [0.5, 0.6) is 0 Å². The smallest absolute Gasteiger partial charge is 0.146 e. The van der Waals surface area contributed by atoms with Crippen molar-refractivity contribution in [3.8, 4) is 0 Å². The van der Waals surface area contributed by atoms with Crippen LogP contribution in [0.15, 0.2) is 18.2 Å². The summed E-state index contributed by atoms with van der Waals surface area (Å²) in [6.45, 7) is 1.80. The van der Waals surface area contributed by atoms with Crippen LogP contribution in [0.2, 0.25) is 5.02 Å². The van der Waals surface area contributed by atoms with Crippen LogP contribution in [-0.2, 0) is 0 Å². The maximum absolute atomic E-state index is 13.1. The van der Waals surface area contributed by atoms with E-state index in [1.165, 1.54) is 6.07 Å². The Labute approximate surface area is 75.8 Å². The summed E-state index contributed by atoms with van der Waals surface area (Å²) in [7, 11) is 0. The Morgan fingerprint density at radius 2 is 2.18 bits per heavy atom. The second-order valence-electron chi connectivity index (χ2n) is 2.32. The molecule has 0 bridgehead atoms. The van der Waals surface area contributed by atoms with E-state index in [0.29, 0.717) is 5.56 Å². The topological polar surface area (TPSA) is 0 Å². The van der Waals surface area contributed by atoms with Gasteiger partial charge >= 0.3 is 0 Å². The molecule has 1 atom stereocenters. The molecule has 0 saturated heterocycles. The lowest BCUT2D eigenvalue weighted by Gasteiger charge is -2.05. The minimum Gasteiger partial charge on any atom is -0.205 e. The van der Waals surface area contributed by atoms with Crippen LogP contribution in [-0.4, -0.2) is 0 Å². The number of thiol groups is 1. The largest absolute Gasteiger partial charge is 0.205 e. The van der Waals surface area contributed by atoms with Gasteiger partial charge in [0.15, 0.2) is 0 Å². The zero-order valence-electron chi connectivity index (χ0n) is 6.01. The van der Waals surface area contributed by atoms with Crippen LogP contribution in [0.3, 0.4) is 0 Å². The van der Waals surface area contributed by atoms with E-state index in [0.717, 1.165) is 0 Å². The molecular formula is C8H8ClFS. The van der Waals surface area contributed by atoms with Crippen molar-refractivity contribution in [1.82, 2.24) is 0 Å². The third-order valence-electron chi connectivity index (χ3n) is 1.43. The Kier molecular flexibility index (Phi) is 2.79. The number of rotatable bonds is 1. The second kappa shape index (κ2) is 3.46. The SMILES string of the molecule is CC(S)c1cccc(Cl)c1F. The molecule has 1 aromatic rings. The van der Waals surface area contributed by atoms with Crippen LogP contribution in [0, 0.1) is 5.82 Å². The molecule has 3 heteroatoms. The van der Waals surface area contributed by atoms with E-state index in [1.54, 1.807) is 19.1 Å². The Hall–Kier alpha value is -0.210. The van der Waals surface area contributed by atoms with E-state index in [2.05, 4.69) is 12.6 Å². The molecule has 0 amide bonds. The molecule has 1 rings (SSSR count). The van der Waals surface area contributed by atoms with Crippen LogP contribution in [0.25, 0.3) is 0 Å². The predicted molar refractivity (Wildman–Crippen MR) is 48.8 cm³/mol. The van der Waals surface area contributed by atoms with E-state index in [-0.39, 0.29) is 16.1 Å². The lowest BCUT2D eigenvalue weighted by Crippen LogP contribution is -1.90. The zero-order chi connectivity index (χ0) is 8.43. The molecular weight excluding hydrogens is 183 g/mol. The average molecular weight is 191 g/mol. The van der Waals surface area contributed by atoms with Gasteiger partial charge in [-0.2, -0.15) is 12.6 Å². The van der Waals surface area contributed by atoms with E-state index in [1.807, 2.05) is 0 Å². The van der Waals surface area contributed by atoms with Crippen LogP contribution in [0.1, 0.15) is 17.7 Å². The fourth-order valence-corrected chi connectivity index (χ4v) is 1.22. The first-order chi connectivity index (χ1) is 5.13. The van der Waals surface area contributed by atoms with Crippen molar-refractivity contribution >= 4 is 24.2 Å². The summed E-state index contributed by atoms with van der Waals surface area (Å²) >= 11 is 9.65. The molecule has 0 aliphatic carbocycles. The van der Waals surface area contributed by atoms with Gasteiger partial charge in [-0.3, -0.25) is 0 Å². The van der Waals surface area contributed by atoms with E-state index in [4.69, 9.17) is 11.6 Å². The summed E-state index contributed by atoms with van der Waals surface area (Å²) < 4.78 is 13.1. The maximum atomic E-state index is 13.1. The Bertz CT molecular complexity index is 260. The monoisotopic (exact) mass is 190 g/mol. The molecule has 0 aliphatic heterocycles. The lowest BCUT2D eigenvalue weighted by molar-refractivity contribution is 0.612. The highest BCUT2D eigenvalue weighted by Crippen LogP contribution is 2.26. The number of hydrogen-bond acceptors (Lipinski definition) is 1. The first-order valence-electron chi connectivity index (χ1n) is 3.25. The van der Waals surface area contributed by atoms with Gasteiger partial charge in [0.2, 0.25) is 0 Å². The fraction of sp³-hybridized carbons (Fsp3) is 0.250. The molecule has 0 N–H and O–H groups in total. The molecule has 0 spiro atoms. The highest BCUT2D eigenvalue weighted by molar-refractivity contribution is 7.80. The van der Waals surface area contributed by atoms with Crippen molar-refractivity contribution in [2.75, 3.05) is 0 Å². The highest BCUT2D eigenvalue weighted by Gasteiger charge is 2.08. The van der Waals surface area contributed by atoms with E-state index in [9.17, 15) is 4.39 Å². The third kappa shape index (κ3) is 1.88. The minimum absolute atomic E-state index is 0.117. The molecule has 11 heavy (non-hydrogen) atoms. The first kappa shape index (κ1) is 8.88. The maximum Gasteiger partial charge on any atom is 0.146 e. The summed E-state index contributed by atoms with van der Waals surface area (Å²) in [5, 5.41) is 0.0390. The van der Waals surface area contributed by atoms with E-state index < -0.39 is 0 Å². The van der Waals surface area contributed by atoms with Crippen molar-refractivity contribution in [1.29, 1.82) is 0 Å². The van der Waals surface area contributed by atoms with Crippen LogP contribution >= 0.6 is 24.2 Å². The molecule has 1 unspecified atom stereocenters. The van der Waals surface area contributed by atoms with Crippen LogP contribution < -0.4 is 0 Å². The summed E-state index contributed by atoms with van der Waals surface area (Å²) in [6, 6.07) is 4.92. The molecule has 0 aromatic heterocycles. The van der Waals surface area contributed by atoms with Crippen LogP contribution in [0.4, 0.5) is 4.39 Å². The predicted octanol–water partition coefficient (Wildman–Crippen LogP) is 3.47. The zero-order valence-corrected chi connectivity index (χ0v) is 7.66. The van der Waals surface area contributed by atoms with Gasteiger partial charge < -0.3 is 0 Å². The molecule has 0 heterocycles. The Morgan fingerprint density at radius 3 is 2.64 bits per heavy atom. The minimum atomic E-state index is -0.364. The standard InChI is InChI=1S/C8H8ClFS/c1-5(11)6-3-2-4-7(9)8(6)10/h2-5,11H,1H3. The van der Waals surface area contributed by atoms with Crippen molar-refractivity contribution in [2.24, 2.45) is 0 Å². The fourth-order valence-electron chi connectivity index (χ4n) is 0.843. The number of hydrogen-bond donors (Lipinski definition) is 1. The number of benzene rings is 1. The molecule has 1 aromatic carbocycles. The lowest BCUT2D eigenvalue weighted by atomic mass is 10.1. The Morgan fingerprint density at radius 1 is 1.55 bits per heavy atom. The van der Waals surface area contributed by atoms with Gasteiger partial charge in [0.25, 0.3) is 0 Å². The summed E-state index contributed by atoms with van der Waals surface area (Å²) in [4.78, 5) is 0. The summed E-state index contributed by atoms with van der Waals surface area (Å²) in [5.74, 6) is -0.364. The van der Waals surface area contributed by atoms with E-state index >= 15 is 0 Å². The quantitative estimate of drug-likeness (QED) is 0.645. The van der Waals surface area contributed by atoms with Gasteiger partial charge in [-0.25, -0.2) is 4.39 Å². The molecule has 0 saturated carbocycles. The van der Waals surface area contributed by atoms with Gasteiger partial charge in [0, 0.05) is 10.8 Å². The van der Waals surface area contributed by atoms with Crippen molar-refractivity contribution in [2.45, 2.75) is 12.2 Å². The van der Waals surface area contributed by atoms with Crippen molar-refractivity contribution in [3.63, 3.8) is 0 Å². The van der Waals surface area contributed by atoms with Gasteiger partial charge in [-0.1, -0.05) is 23.7 Å². The first-order valence-corrected chi connectivity index (χ1v) is 4.14. The molecule has 60 valence electrons. The summed E-state index contributed by atoms with van der Waals surface area (Å²) in [5.41, 5.74) is 0.542. The molecule has 0 radical (unpaired) electrons. The second-order valence-corrected chi connectivity index (χ2v) is 3.50. The van der Waals surface area contributed by atoms with Gasteiger partial charge in [0.05, 0.1) is 5.02 Å². The highest BCUT2D eigenvalue weighted by atomic mass is 35.5.